The molecule has 0 aromatic rings. The minimum Gasteiger partial charge on any atom is -0.444 e. The molecule has 92 valence electrons. The van der Waals surface area contributed by atoms with Gasteiger partial charge >= 0.3 is 6.09 Å². The van der Waals surface area contributed by atoms with Crippen LogP contribution in [0.5, 0.6) is 0 Å². The van der Waals surface area contributed by atoms with Crippen molar-refractivity contribution in [1.29, 1.82) is 0 Å². The van der Waals surface area contributed by atoms with Crippen molar-refractivity contribution in [2.45, 2.75) is 26.4 Å². The molecule has 0 aliphatic carbocycles. The van der Waals surface area contributed by atoms with Gasteiger partial charge in [0.15, 0.2) is 0 Å². The summed E-state index contributed by atoms with van der Waals surface area (Å²) in [7, 11) is 0. The lowest BCUT2D eigenvalue weighted by Gasteiger charge is -2.39. The fraction of sp³-hybridized carbons (Fsp3) is 0.818. The summed E-state index contributed by atoms with van der Waals surface area (Å²) in [6.07, 6.45) is 0.448. The molecule has 1 aliphatic rings. The van der Waals surface area contributed by atoms with Crippen molar-refractivity contribution >= 4 is 12.4 Å². The van der Waals surface area contributed by atoms with Gasteiger partial charge in [-0.1, -0.05) is 0 Å². The van der Waals surface area contributed by atoms with E-state index >= 15 is 0 Å². The van der Waals surface area contributed by atoms with E-state index in [1.807, 2.05) is 20.8 Å². The third-order valence-corrected chi connectivity index (χ3v) is 2.15. The molecule has 1 saturated heterocycles. The van der Waals surface area contributed by atoms with Gasteiger partial charge in [0.25, 0.3) is 0 Å². The first kappa shape index (κ1) is 13.0. The molecule has 0 aromatic carbocycles. The Morgan fingerprint density at radius 1 is 1.44 bits per heavy atom. The highest BCUT2D eigenvalue weighted by molar-refractivity contribution is 5.69. The summed E-state index contributed by atoms with van der Waals surface area (Å²) in [6.45, 7) is 7.47. The minimum atomic E-state index is -0.448. The van der Waals surface area contributed by atoms with Gasteiger partial charge in [0.2, 0.25) is 0 Å². The zero-order valence-corrected chi connectivity index (χ0v) is 10.1. The fourth-order valence-corrected chi connectivity index (χ4v) is 1.43. The molecule has 0 aromatic heterocycles. The number of ether oxygens (including phenoxy) is 2. The van der Waals surface area contributed by atoms with E-state index in [9.17, 15) is 9.59 Å². The van der Waals surface area contributed by atoms with E-state index in [1.165, 1.54) is 0 Å². The molecule has 1 rings (SSSR count). The largest absolute Gasteiger partial charge is 0.444 e. The molecular weight excluding hydrogens is 210 g/mol. The van der Waals surface area contributed by atoms with Crippen LogP contribution in [0.15, 0.2) is 0 Å². The lowest BCUT2D eigenvalue weighted by Crippen LogP contribution is -2.53. The number of nitrogens with zero attached hydrogens (tertiary/aromatic N) is 1. The third-order valence-electron chi connectivity index (χ3n) is 2.15. The Kier molecular flexibility index (Phi) is 4.29. The van der Waals surface area contributed by atoms with E-state index in [0.717, 1.165) is 6.29 Å². The molecule has 5 nitrogen and oxygen atoms in total. The highest BCUT2D eigenvalue weighted by Gasteiger charge is 2.33. The van der Waals surface area contributed by atoms with Crippen molar-refractivity contribution < 1.29 is 19.1 Å². The monoisotopic (exact) mass is 229 g/mol. The van der Waals surface area contributed by atoms with Gasteiger partial charge in [0.1, 0.15) is 18.5 Å². The SMILES string of the molecule is CC(C)(C)OC(=O)N1CC(COCC=O)C1. The van der Waals surface area contributed by atoms with Crippen LogP contribution in [-0.4, -0.2) is 49.2 Å². The summed E-state index contributed by atoms with van der Waals surface area (Å²) in [4.78, 5) is 23.2. The molecule has 1 amide bonds. The third kappa shape index (κ3) is 4.18. The van der Waals surface area contributed by atoms with E-state index in [1.54, 1.807) is 4.90 Å². The van der Waals surface area contributed by atoms with Crippen LogP contribution < -0.4 is 0 Å². The molecule has 0 unspecified atom stereocenters. The van der Waals surface area contributed by atoms with Crippen LogP contribution in [0.25, 0.3) is 0 Å². The molecule has 0 N–H and O–H groups in total. The Morgan fingerprint density at radius 3 is 2.56 bits per heavy atom. The van der Waals surface area contributed by atoms with Crippen LogP contribution in [0.4, 0.5) is 4.79 Å². The van der Waals surface area contributed by atoms with Crippen molar-refractivity contribution in [3.63, 3.8) is 0 Å². The van der Waals surface area contributed by atoms with Crippen molar-refractivity contribution in [1.82, 2.24) is 4.90 Å². The van der Waals surface area contributed by atoms with E-state index < -0.39 is 5.60 Å². The number of aldehydes is 1. The van der Waals surface area contributed by atoms with Gasteiger partial charge < -0.3 is 19.2 Å². The Bertz CT molecular complexity index is 253. The number of hydrogen-bond acceptors (Lipinski definition) is 4. The van der Waals surface area contributed by atoms with Crippen LogP contribution in [0.1, 0.15) is 20.8 Å². The van der Waals surface area contributed by atoms with Gasteiger partial charge in [0, 0.05) is 19.0 Å². The molecule has 16 heavy (non-hydrogen) atoms. The minimum absolute atomic E-state index is 0.128. The van der Waals surface area contributed by atoms with Gasteiger partial charge in [-0.2, -0.15) is 0 Å². The van der Waals surface area contributed by atoms with Gasteiger partial charge in [-0.15, -0.1) is 0 Å². The highest BCUT2D eigenvalue weighted by Crippen LogP contribution is 2.19. The molecule has 5 heteroatoms. The second kappa shape index (κ2) is 5.30. The summed E-state index contributed by atoms with van der Waals surface area (Å²) in [5, 5.41) is 0. The topological polar surface area (TPSA) is 55.8 Å². The summed E-state index contributed by atoms with van der Waals surface area (Å²) in [5.41, 5.74) is -0.448. The summed E-state index contributed by atoms with van der Waals surface area (Å²) in [6, 6.07) is 0. The average Bonchev–Trinajstić information content (AvgIpc) is 2.05. The second-order valence-corrected chi connectivity index (χ2v) is 4.96. The predicted molar refractivity (Wildman–Crippen MR) is 58.2 cm³/mol. The van der Waals surface area contributed by atoms with E-state index in [4.69, 9.17) is 9.47 Å². The number of carbonyl (C=O) groups excluding carboxylic acids is 2. The highest BCUT2D eigenvalue weighted by atomic mass is 16.6. The van der Waals surface area contributed by atoms with E-state index in [-0.39, 0.29) is 12.7 Å². The molecule has 1 aliphatic heterocycles. The Hall–Kier alpha value is -1.10. The van der Waals surface area contributed by atoms with Crippen molar-refractivity contribution in [3.8, 4) is 0 Å². The number of rotatable bonds is 4. The number of carbonyl (C=O) groups is 2. The average molecular weight is 229 g/mol. The maximum atomic E-state index is 11.5. The summed E-state index contributed by atoms with van der Waals surface area (Å²) >= 11 is 0. The van der Waals surface area contributed by atoms with E-state index in [0.29, 0.717) is 25.6 Å². The normalized spacial score (nSPS) is 16.8. The second-order valence-electron chi connectivity index (χ2n) is 4.96. The summed E-state index contributed by atoms with van der Waals surface area (Å²) in [5.74, 6) is 0.326. The zero-order chi connectivity index (χ0) is 12.2. The quantitative estimate of drug-likeness (QED) is 0.534. The van der Waals surface area contributed by atoms with Crippen LogP contribution in [-0.2, 0) is 14.3 Å². The van der Waals surface area contributed by atoms with E-state index in [2.05, 4.69) is 0 Å². The number of hydrogen-bond donors (Lipinski definition) is 0. The van der Waals surface area contributed by atoms with Crippen molar-refractivity contribution in [2.75, 3.05) is 26.3 Å². The van der Waals surface area contributed by atoms with Crippen LogP contribution in [0.3, 0.4) is 0 Å². The van der Waals surface area contributed by atoms with Crippen LogP contribution in [0.2, 0.25) is 0 Å². The molecule has 0 radical (unpaired) electrons. The molecule has 0 bridgehead atoms. The standard InChI is InChI=1S/C11H19NO4/c1-11(2,3)16-10(14)12-6-9(7-12)8-15-5-4-13/h4,9H,5-8H2,1-3H3. The Balaban J connectivity index is 2.15. The Labute approximate surface area is 95.7 Å². The lowest BCUT2D eigenvalue weighted by molar-refractivity contribution is -0.113. The fourth-order valence-electron chi connectivity index (χ4n) is 1.43. The molecular formula is C11H19NO4. The maximum Gasteiger partial charge on any atom is 0.410 e. The first-order chi connectivity index (χ1) is 7.42. The Morgan fingerprint density at radius 2 is 2.06 bits per heavy atom. The van der Waals surface area contributed by atoms with Gasteiger partial charge in [0.05, 0.1) is 6.61 Å². The number of amides is 1. The smallest absolute Gasteiger partial charge is 0.410 e. The first-order valence-electron chi connectivity index (χ1n) is 5.41. The number of likely N-dealkylation sites (tertiary alicyclic amines) is 1. The predicted octanol–water partition coefficient (Wildman–Crippen LogP) is 1.07. The van der Waals surface area contributed by atoms with Gasteiger partial charge in [-0.3, -0.25) is 0 Å². The summed E-state index contributed by atoms with van der Waals surface area (Å²) < 4.78 is 10.3. The molecule has 0 spiro atoms. The molecule has 0 atom stereocenters. The van der Waals surface area contributed by atoms with Crippen molar-refractivity contribution in [3.05, 3.63) is 0 Å². The first-order valence-corrected chi connectivity index (χ1v) is 5.41. The molecule has 0 saturated carbocycles. The van der Waals surface area contributed by atoms with Crippen LogP contribution in [0, 0.1) is 5.92 Å². The van der Waals surface area contributed by atoms with Gasteiger partial charge in [-0.05, 0) is 20.8 Å². The molecule has 1 heterocycles. The lowest BCUT2D eigenvalue weighted by atomic mass is 10.0. The van der Waals surface area contributed by atoms with Crippen LogP contribution >= 0.6 is 0 Å². The molecule has 1 fully saturated rings. The van der Waals surface area contributed by atoms with Crippen molar-refractivity contribution in [2.24, 2.45) is 5.92 Å². The zero-order valence-electron chi connectivity index (χ0n) is 10.1. The maximum absolute atomic E-state index is 11.5. The van der Waals surface area contributed by atoms with Gasteiger partial charge in [-0.25, -0.2) is 4.79 Å².